The molecule has 0 aliphatic heterocycles. The Morgan fingerprint density at radius 1 is 0.650 bits per heavy atom. The summed E-state index contributed by atoms with van der Waals surface area (Å²) >= 11 is 0. The molecule has 40 heavy (non-hydrogen) atoms. The molecule has 0 N–H and O–H groups in total. The summed E-state index contributed by atoms with van der Waals surface area (Å²) in [7, 11) is -3.30. The van der Waals surface area contributed by atoms with Gasteiger partial charge in [-0.3, -0.25) is 0 Å². The maximum atomic E-state index is 15.3. The number of aryl methyl sites for hydroxylation is 1. The molecule has 0 heterocycles. The first-order valence-corrected chi connectivity index (χ1v) is 15.2. The Balaban J connectivity index is 1.54. The zero-order valence-corrected chi connectivity index (χ0v) is 23.6. The van der Waals surface area contributed by atoms with Crippen molar-refractivity contribution < 1.29 is 14.0 Å². The van der Waals surface area contributed by atoms with Crippen molar-refractivity contribution in [2.24, 2.45) is 0 Å². The molecular weight excluding hydrogens is 511 g/mol. The highest BCUT2D eigenvalue weighted by Crippen LogP contribution is 2.46. The molecule has 0 saturated carbocycles. The number of hydrogen-bond donors (Lipinski definition) is 0. The fourth-order valence-electron chi connectivity index (χ4n) is 4.61. The van der Waals surface area contributed by atoms with Crippen LogP contribution in [0, 0.1) is 0 Å². The van der Waals surface area contributed by atoms with Gasteiger partial charge in [0, 0.05) is 10.6 Å². The Labute approximate surface area is 237 Å². The summed E-state index contributed by atoms with van der Waals surface area (Å²) in [5.41, 5.74) is 4.43. The van der Waals surface area contributed by atoms with Crippen LogP contribution in [0.3, 0.4) is 0 Å². The van der Waals surface area contributed by atoms with Gasteiger partial charge >= 0.3 is 0 Å². The van der Waals surface area contributed by atoms with Crippen molar-refractivity contribution in [3.05, 3.63) is 156 Å². The Bertz CT molecular complexity index is 1550. The Kier molecular flexibility index (Phi) is 8.64. The summed E-state index contributed by atoms with van der Waals surface area (Å²) in [4.78, 5) is 0. The summed E-state index contributed by atoms with van der Waals surface area (Å²) in [6.45, 7) is 6.73. The van der Waals surface area contributed by atoms with Gasteiger partial charge in [0.25, 0.3) is 0 Å². The van der Waals surface area contributed by atoms with E-state index < -0.39 is 7.14 Å². The molecule has 3 nitrogen and oxygen atoms in total. The molecule has 5 aromatic carbocycles. The minimum Gasteiger partial charge on any atom is -0.489 e. The molecule has 200 valence electrons. The van der Waals surface area contributed by atoms with Gasteiger partial charge in [-0.1, -0.05) is 129 Å². The van der Waals surface area contributed by atoms with Crippen molar-refractivity contribution >= 4 is 29.1 Å². The average Bonchev–Trinajstić information content (AvgIpc) is 3.04. The van der Waals surface area contributed by atoms with Gasteiger partial charge in [0.1, 0.15) is 24.7 Å². The van der Waals surface area contributed by atoms with Crippen molar-refractivity contribution in [1.29, 1.82) is 0 Å². The second kappa shape index (κ2) is 12.7. The van der Waals surface area contributed by atoms with Crippen molar-refractivity contribution in [3.8, 4) is 11.5 Å². The maximum Gasteiger partial charge on any atom is 0.174 e. The van der Waals surface area contributed by atoms with Crippen LogP contribution in [0.25, 0.3) is 6.08 Å². The Morgan fingerprint density at radius 3 is 1.73 bits per heavy atom. The van der Waals surface area contributed by atoms with Crippen LogP contribution < -0.4 is 25.4 Å². The van der Waals surface area contributed by atoms with E-state index in [4.69, 9.17) is 9.47 Å². The van der Waals surface area contributed by atoms with E-state index in [0.717, 1.165) is 33.7 Å². The van der Waals surface area contributed by atoms with E-state index in [2.05, 4.69) is 37.8 Å². The molecule has 0 amide bonds. The summed E-state index contributed by atoms with van der Waals surface area (Å²) in [5.74, 6) is 1.22. The van der Waals surface area contributed by atoms with E-state index in [1.54, 1.807) is 0 Å². The topological polar surface area (TPSA) is 35.5 Å². The van der Waals surface area contributed by atoms with E-state index in [-0.39, 0.29) is 0 Å². The van der Waals surface area contributed by atoms with Crippen molar-refractivity contribution in [1.82, 2.24) is 0 Å². The summed E-state index contributed by atoms with van der Waals surface area (Å²) in [6, 6.07) is 41.4. The molecule has 0 bridgehead atoms. The van der Waals surface area contributed by atoms with Gasteiger partial charge in [0.2, 0.25) is 0 Å². The molecule has 5 rings (SSSR count). The molecule has 0 spiro atoms. The van der Waals surface area contributed by atoms with Gasteiger partial charge in [-0.05, 0) is 46.9 Å². The van der Waals surface area contributed by atoms with Crippen LogP contribution in [0.15, 0.2) is 134 Å². The van der Waals surface area contributed by atoms with E-state index >= 15 is 4.57 Å². The molecule has 0 unspecified atom stereocenters. The minimum absolute atomic E-state index is 0.345. The van der Waals surface area contributed by atoms with Crippen LogP contribution in [-0.4, -0.2) is 0 Å². The average molecular weight is 545 g/mol. The van der Waals surface area contributed by atoms with E-state index in [1.807, 2.05) is 109 Å². The lowest BCUT2D eigenvalue weighted by molar-refractivity contribution is 0.299. The number of benzene rings is 5. The van der Waals surface area contributed by atoms with Crippen molar-refractivity contribution in [2.45, 2.75) is 26.6 Å². The van der Waals surface area contributed by atoms with Crippen LogP contribution in [0.4, 0.5) is 0 Å². The summed E-state index contributed by atoms with van der Waals surface area (Å²) < 4.78 is 27.9. The Morgan fingerprint density at radius 2 is 1.18 bits per heavy atom. The normalized spacial score (nSPS) is 11.1. The highest BCUT2D eigenvalue weighted by molar-refractivity contribution is 7.85. The van der Waals surface area contributed by atoms with Crippen LogP contribution in [0.2, 0.25) is 0 Å². The van der Waals surface area contributed by atoms with E-state index in [9.17, 15) is 0 Å². The first-order chi connectivity index (χ1) is 19.6. The smallest absolute Gasteiger partial charge is 0.174 e. The maximum absolute atomic E-state index is 15.3. The molecule has 0 fully saturated rings. The molecule has 0 radical (unpaired) electrons. The molecule has 4 heteroatoms. The number of ether oxygens (including phenoxy) is 2. The van der Waals surface area contributed by atoms with Crippen molar-refractivity contribution in [2.75, 3.05) is 0 Å². The molecule has 0 aliphatic rings. The molecule has 0 aliphatic carbocycles. The second-order valence-corrected chi connectivity index (χ2v) is 12.3. The van der Waals surface area contributed by atoms with E-state index in [0.29, 0.717) is 30.0 Å². The first kappa shape index (κ1) is 27.2. The molecule has 0 saturated heterocycles. The van der Waals surface area contributed by atoms with Crippen LogP contribution in [0.5, 0.6) is 11.5 Å². The second-order valence-electron chi connectivity index (χ2n) is 9.60. The fourth-order valence-corrected chi connectivity index (χ4v) is 7.40. The third-order valence-corrected chi connectivity index (χ3v) is 10.0. The number of hydrogen-bond acceptors (Lipinski definition) is 3. The van der Waals surface area contributed by atoms with E-state index in [1.165, 1.54) is 5.56 Å². The molecular formula is C36H33O3P. The lowest BCUT2D eigenvalue weighted by atomic mass is 10.1. The third kappa shape index (κ3) is 6.11. The molecule has 0 aromatic heterocycles. The highest BCUT2D eigenvalue weighted by Gasteiger charge is 2.33. The first-order valence-electron chi connectivity index (χ1n) is 13.5. The van der Waals surface area contributed by atoms with Crippen molar-refractivity contribution in [3.63, 3.8) is 0 Å². The number of rotatable bonds is 11. The van der Waals surface area contributed by atoms with Gasteiger partial charge < -0.3 is 14.0 Å². The monoisotopic (exact) mass is 544 g/mol. The standard InChI is InChI=1S/C36H33O3P/c1-3-28-15-19-30(20-16-28)26-38-32-23-24-35(39-27-31-21-17-29(4-2)18-22-31)36(25-32)40(37,33-11-7-5-8-12-33)34-13-9-6-10-14-34/h4-25H,2-3,26-27H2,1H3. The summed E-state index contributed by atoms with van der Waals surface area (Å²) in [5, 5.41) is 2.11. The largest absolute Gasteiger partial charge is 0.489 e. The molecule has 5 aromatic rings. The SMILES string of the molecule is C=Cc1ccc(COc2ccc(OCc3ccc(CC)cc3)cc2P(=O)(c2ccccc2)c2ccccc2)cc1. The van der Waals surface area contributed by atoms with Crippen LogP contribution in [0.1, 0.15) is 29.2 Å². The fraction of sp³-hybridized carbons (Fsp3) is 0.111. The third-order valence-electron chi connectivity index (χ3n) is 6.96. The zero-order valence-electron chi connectivity index (χ0n) is 22.7. The lowest BCUT2D eigenvalue weighted by Gasteiger charge is -2.23. The zero-order chi connectivity index (χ0) is 27.8. The van der Waals surface area contributed by atoms with Gasteiger partial charge in [0.15, 0.2) is 7.14 Å². The summed E-state index contributed by atoms with van der Waals surface area (Å²) in [6.07, 6.45) is 2.81. The Hall–Kier alpha value is -4.33. The van der Waals surface area contributed by atoms with Gasteiger partial charge in [-0.2, -0.15) is 0 Å². The van der Waals surface area contributed by atoms with Crippen LogP contribution >= 0.6 is 7.14 Å². The van der Waals surface area contributed by atoms with Crippen LogP contribution in [-0.2, 0) is 24.2 Å². The highest BCUT2D eigenvalue weighted by atomic mass is 31.2. The predicted octanol–water partition coefficient (Wildman–Crippen LogP) is 7.69. The lowest BCUT2D eigenvalue weighted by Crippen LogP contribution is -2.26. The van der Waals surface area contributed by atoms with Gasteiger partial charge in [-0.15, -0.1) is 0 Å². The van der Waals surface area contributed by atoms with Gasteiger partial charge in [0.05, 0.1) is 5.30 Å². The molecule has 0 atom stereocenters. The quantitative estimate of drug-likeness (QED) is 0.160. The predicted molar refractivity (Wildman–Crippen MR) is 167 cm³/mol. The van der Waals surface area contributed by atoms with Gasteiger partial charge in [-0.25, -0.2) is 0 Å². The minimum atomic E-state index is -3.30.